The van der Waals surface area contributed by atoms with E-state index in [-0.39, 0.29) is 6.04 Å². The van der Waals surface area contributed by atoms with Crippen molar-refractivity contribution < 1.29 is 4.74 Å². The maximum atomic E-state index is 6.08. The second-order valence-corrected chi connectivity index (χ2v) is 3.58. The highest BCUT2D eigenvalue weighted by Gasteiger charge is 2.15. The molecule has 0 fully saturated rings. The van der Waals surface area contributed by atoms with Crippen molar-refractivity contribution in [2.75, 3.05) is 7.11 Å². The van der Waals surface area contributed by atoms with Gasteiger partial charge in [0.2, 0.25) is 5.88 Å². The Morgan fingerprint density at radius 1 is 1.18 bits per heavy atom. The van der Waals surface area contributed by atoms with Gasteiger partial charge in [-0.2, -0.15) is 0 Å². The van der Waals surface area contributed by atoms with Crippen LogP contribution in [0.15, 0.2) is 36.8 Å². The highest BCUT2D eigenvalue weighted by atomic mass is 16.5. The number of hydrogen-bond acceptors (Lipinski definition) is 5. The zero-order valence-corrected chi connectivity index (χ0v) is 9.58. The van der Waals surface area contributed by atoms with E-state index in [1.807, 2.05) is 18.2 Å². The zero-order valence-electron chi connectivity index (χ0n) is 9.58. The summed E-state index contributed by atoms with van der Waals surface area (Å²) in [5.41, 5.74) is 7.66. The fourth-order valence-electron chi connectivity index (χ4n) is 1.59. The van der Waals surface area contributed by atoms with Crippen LogP contribution < -0.4 is 10.5 Å². The summed E-state index contributed by atoms with van der Waals surface area (Å²) < 4.78 is 5.13. The molecule has 0 bridgehead atoms. The molecule has 0 radical (unpaired) electrons. The Labute approximate surface area is 99.7 Å². The van der Waals surface area contributed by atoms with Gasteiger partial charge in [0.25, 0.3) is 0 Å². The Hall–Kier alpha value is -2.01. The van der Waals surface area contributed by atoms with Crippen molar-refractivity contribution in [3.8, 4) is 5.88 Å². The van der Waals surface area contributed by atoms with Gasteiger partial charge in [0.15, 0.2) is 0 Å². The Morgan fingerprint density at radius 3 is 2.71 bits per heavy atom. The van der Waals surface area contributed by atoms with Crippen molar-refractivity contribution >= 4 is 0 Å². The second-order valence-electron chi connectivity index (χ2n) is 3.58. The third kappa shape index (κ3) is 2.76. The lowest BCUT2D eigenvalue weighted by atomic mass is 10.1. The first-order valence-corrected chi connectivity index (χ1v) is 5.31. The molecule has 2 aromatic heterocycles. The van der Waals surface area contributed by atoms with Crippen LogP contribution in [0.4, 0.5) is 0 Å². The molecular weight excluding hydrogens is 216 g/mol. The summed E-state index contributed by atoms with van der Waals surface area (Å²) in [4.78, 5) is 12.5. The molecule has 1 atom stereocenters. The third-order valence-corrected chi connectivity index (χ3v) is 2.39. The largest absolute Gasteiger partial charge is 0.480 e. The van der Waals surface area contributed by atoms with Crippen LogP contribution in [0.25, 0.3) is 0 Å². The van der Waals surface area contributed by atoms with Gasteiger partial charge in [-0.3, -0.25) is 9.97 Å². The molecule has 0 aliphatic carbocycles. The van der Waals surface area contributed by atoms with E-state index in [4.69, 9.17) is 10.5 Å². The monoisotopic (exact) mass is 230 g/mol. The van der Waals surface area contributed by atoms with Crippen molar-refractivity contribution in [1.82, 2.24) is 15.0 Å². The molecule has 0 aliphatic rings. The Balaban J connectivity index is 2.17. The Bertz CT molecular complexity index is 475. The first kappa shape index (κ1) is 11.5. The number of hydrogen-bond donors (Lipinski definition) is 1. The minimum absolute atomic E-state index is 0.270. The number of pyridine rings is 1. The summed E-state index contributed by atoms with van der Waals surface area (Å²) >= 11 is 0. The number of rotatable bonds is 4. The number of ether oxygens (including phenoxy) is 1. The molecule has 0 amide bonds. The number of nitrogens with zero attached hydrogens (tertiary/aromatic N) is 3. The number of nitrogens with two attached hydrogens (primary N) is 1. The van der Waals surface area contributed by atoms with E-state index in [0.29, 0.717) is 18.0 Å². The summed E-state index contributed by atoms with van der Waals surface area (Å²) in [5.74, 6) is 0.468. The van der Waals surface area contributed by atoms with E-state index in [1.165, 1.54) is 0 Å². The lowest BCUT2D eigenvalue weighted by Crippen LogP contribution is -2.17. The highest BCUT2D eigenvalue weighted by Crippen LogP contribution is 2.20. The molecule has 17 heavy (non-hydrogen) atoms. The SMILES string of the molecule is COc1nccnc1C(N)Cc1ccccn1. The molecule has 5 nitrogen and oxygen atoms in total. The predicted octanol–water partition coefficient (Wildman–Crippen LogP) is 1.12. The molecule has 2 N–H and O–H groups in total. The average Bonchev–Trinajstić information content (AvgIpc) is 2.40. The molecule has 0 aromatic carbocycles. The van der Waals surface area contributed by atoms with Gasteiger partial charge in [0, 0.05) is 30.7 Å². The first-order valence-electron chi connectivity index (χ1n) is 5.31. The fourth-order valence-corrected chi connectivity index (χ4v) is 1.59. The molecular formula is C12H14N4O. The lowest BCUT2D eigenvalue weighted by molar-refractivity contribution is 0.384. The zero-order chi connectivity index (χ0) is 12.1. The molecule has 0 saturated carbocycles. The van der Waals surface area contributed by atoms with Gasteiger partial charge < -0.3 is 10.5 Å². The van der Waals surface area contributed by atoms with Gasteiger partial charge in [-0.25, -0.2) is 4.98 Å². The normalized spacial score (nSPS) is 12.1. The average molecular weight is 230 g/mol. The molecule has 88 valence electrons. The standard InChI is InChI=1S/C12H14N4O/c1-17-12-11(15-6-7-16-12)10(13)8-9-4-2-3-5-14-9/h2-7,10H,8,13H2,1H3. The van der Waals surface area contributed by atoms with Crippen LogP contribution in [0.2, 0.25) is 0 Å². The van der Waals surface area contributed by atoms with Crippen LogP contribution in [0, 0.1) is 0 Å². The number of methoxy groups -OCH3 is 1. The topological polar surface area (TPSA) is 73.9 Å². The highest BCUT2D eigenvalue weighted by molar-refractivity contribution is 5.22. The first-order chi connectivity index (χ1) is 8.31. The van der Waals surface area contributed by atoms with Crippen molar-refractivity contribution in [3.05, 3.63) is 48.2 Å². The van der Waals surface area contributed by atoms with E-state index in [9.17, 15) is 0 Å². The molecule has 0 aliphatic heterocycles. The summed E-state index contributed by atoms with van der Waals surface area (Å²) in [6, 6.07) is 5.47. The van der Waals surface area contributed by atoms with E-state index >= 15 is 0 Å². The van der Waals surface area contributed by atoms with Gasteiger partial charge in [0.05, 0.1) is 13.2 Å². The Kier molecular flexibility index (Phi) is 3.62. The lowest BCUT2D eigenvalue weighted by Gasteiger charge is -2.12. The molecule has 5 heteroatoms. The smallest absolute Gasteiger partial charge is 0.237 e. The van der Waals surface area contributed by atoms with Crippen LogP contribution in [0.5, 0.6) is 5.88 Å². The van der Waals surface area contributed by atoms with Crippen LogP contribution in [0.3, 0.4) is 0 Å². The summed E-state index contributed by atoms with van der Waals surface area (Å²) in [5, 5.41) is 0. The van der Waals surface area contributed by atoms with E-state index in [0.717, 1.165) is 5.69 Å². The predicted molar refractivity (Wildman–Crippen MR) is 63.5 cm³/mol. The third-order valence-electron chi connectivity index (χ3n) is 2.39. The summed E-state index contributed by atoms with van der Waals surface area (Å²) in [6.07, 6.45) is 5.54. The van der Waals surface area contributed by atoms with Gasteiger partial charge in [-0.1, -0.05) is 6.07 Å². The van der Waals surface area contributed by atoms with Crippen LogP contribution >= 0.6 is 0 Å². The fraction of sp³-hybridized carbons (Fsp3) is 0.250. The van der Waals surface area contributed by atoms with Gasteiger partial charge in [0.1, 0.15) is 5.69 Å². The van der Waals surface area contributed by atoms with Crippen molar-refractivity contribution in [2.24, 2.45) is 5.73 Å². The van der Waals surface area contributed by atoms with Gasteiger partial charge in [-0.15, -0.1) is 0 Å². The molecule has 2 heterocycles. The van der Waals surface area contributed by atoms with E-state index in [1.54, 1.807) is 25.7 Å². The van der Waals surface area contributed by atoms with E-state index in [2.05, 4.69) is 15.0 Å². The van der Waals surface area contributed by atoms with E-state index < -0.39 is 0 Å². The maximum Gasteiger partial charge on any atom is 0.237 e. The second kappa shape index (κ2) is 5.36. The molecule has 0 spiro atoms. The Morgan fingerprint density at radius 2 is 2.00 bits per heavy atom. The molecule has 1 unspecified atom stereocenters. The van der Waals surface area contributed by atoms with Crippen LogP contribution in [0.1, 0.15) is 17.4 Å². The van der Waals surface area contributed by atoms with Crippen molar-refractivity contribution in [3.63, 3.8) is 0 Å². The summed E-state index contributed by atoms with van der Waals surface area (Å²) in [7, 11) is 1.56. The molecule has 2 rings (SSSR count). The minimum atomic E-state index is -0.270. The van der Waals surface area contributed by atoms with Gasteiger partial charge >= 0.3 is 0 Å². The van der Waals surface area contributed by atoms with Crippen molar-refractivity contribution in [2.45, 2.75) is 12.5 Å². The minimum Gasteiger partial charge on any atom is -0.480 e. The van der Waals surface area contributed by atoms with Gasteiger partial charge in [-0.05, 0) is 12.1 Å². The quantitative estimate of drug-likeness (QED) is 0.852. The van der Waals surface area contributed by atoms with Crippen molar-refractivity contribution in [1.29, 1.82) is 0 Å². The summed E-state index contributed by atoms with van der Waals surface area (Å²) in [6.45, 7) is 0. The van der Waals surface area contributed by atoms with Crippen LogP contribution in [-0.4, -0.2) is 22.1 Å². The molecule has 0 saturated heterocycles. The van der Waals surface area contributed by atoms with Crippen LogP contribution in [-0.2, 0) is 6.42 Å². The number of aromatic nitrogens is 3. The molecule has 2 aromatic rings. The maximum absolute atomic E-state index is 6.08.